The Bertz CT molecular complexity index is 1340. The minimum Gasteiger partial charge on any atom is -0.423 e. The van der Waals surface area contributed by atoms with E-state index in [1.165, 1.54) is 11.1 Å². The minimum atomic E-state index is -0.718. The average molecular weight is 497 g/mol. The van der Waals surface area contributed by atoms with E-state index in [0.29, 0.717) is 17.9 Å². The van der Waals surface area contributed by atoms with Gasteiger partial charge in [-0.2, -0.15) is 0 Å². The third-order valence-corrected chi connectivity index (χ3v) is 6.44. The van der Waals surface area contributed by atoms with Gasteiger partial charge >= 0.3 is 5.97 Å². The highest BCUT2D eigenvalue weighted by Gasteiger charge is 2.15. The van der Waals surface area contributed by atoms with Crippen LogP contribution in [0.1, 0.15) is 53.2 Å². The summed E-state index contributed by atoms with van der Waals surface area (Å²) in [4.78, 5) is 12.6. The van der Waals surface area contributed by atoms with E-state index < -0.39 is 17.6 Å². The highest BCUT2D eigenvalue weighted by atomic mass is 19.1. The molecule has 1 atom stereocenters. The third-order valence-electron chi connectivity index (χ3n) is 6.44. The molecule has 0 aromatic heterocycles. The molecule has 0 aliphatic rings. The summed E-state index contributed by atoms with van der Waals surface area (Å²) in [7, 11) is 0. The van der Waals surface area contributed by atoms with Crippen LogP contribution in [0, 0.1) is 11.6 Å². The molecule has 0 radical (unpaired) electrons. The van der Waals surface area contributed by atoms with E-state index in [4.69, 9.17) is 4.74 Å². The van der Waals surface area contributed by atoms with Crippen molar-refractivity contribution in [2.24, 2.45) is 0 Å². The molecule has 0 spiro atoms. The number of rotatable bonds is 9. The highest BCUT2D eigenvalue weighted by Crippen LogP contribution is 2.26. The molecule has 0 aliphatic carbocycles. The minimum absolute atomic E-state index is 0.0113. The maximum Gasteiger partial charge on any atom is 0.343 e. The molecular formula is C33H30F2O2. The van der Waals surface area contributed by atoms with Crippen molar-refractivity contribution in [2.75, 3.05) is 0 Å². The number of allylic oxidation sites excluding steroid dienone is 2. The molecule has 4 heteroatoms. The van der Waals surface area contributed by atoms with Gasteiger partial charge in [-0.05, 0) is 66.5 Å². The molecule has 2 nitrogen and oxygen atoms in total. The van der Waals surface area contributed by atoms with Crippen molar-refractivity contribution < 1.29 is 18.3 Å². The molecule has 37 heavy (non-hydrogen) atoms. The smallest absolute Gasteiger partial charge is 0.343 e. The molecule has 4 rings (SSSR count). The number of carbonyl (C=O) groups is 1. The van der Waals surface area contributed by atoms with E-state index >= 15 is 0 Å². The fraction of sp³-hybridized carbons (Fsp3) is 0.182. The van der Waals surface area contributed by atoms with Gasteiger partial charge in [0.05, 0.1) is 5.56 Å². The molecule has 0 bridgehead atoms. The number of benzene rings is 4. The van der Waals surface area contributed by atoms with Crippen LogP contribution in [0.15, 0.2) is 103 Å². The Morgan fingerprint density at radius 2 is 1.46 bits per heavy atom. The number of carbonyl (C=O) groups excluding carboxylic acids is 1. The van der Waals surface area contributed by atoms with Crippen LogP contribution in [0.25, 0.3) is 11.1 Å². The Labute approximate surface area is 217 Å². The van der Waals surface area contributed by atoms with Crippen LogP contribution in [-0.2, 0) is 12.8 Å². The maximum absolute atomic E-state index is 14.4. The number of ether oxygens (including phenoxy) is 1. The summed E-state index contributed by atoms with van der Waals surface area (Å²) in [5.41, 5.74) is 4.86. The second kappa shape index (κ2) is 12.3. The Kier molecular flexibility index (Phi) is 8.63. The number of esters is 1. The molecule has 4 aromatic carbocycles. The molecule has 0 aliphatic heterocycles. The van der Waals surface area contributed by atoms with Crippen LogP contribution < -0.4 is 4.74 Å². The lowest BCUT2D eigenvalue weighted by atomic mass is 9.93. The van der Waals surface area contributed by atoms with Crippen molar-refractivity contribution in [2.45, 2.75) is 39.0 Å². The number of hydrogen-bond acceptors (Lipinski definition) is 2. The fourth-order valence-corrected chi connectivity index (χ4v) is 4.32. The summed E-state index contributed by atoms with van der Waals surface area (Å²) < 4.78 is 34.0. The molecule has 188 valence electrons. The zero-order chi connectivity index (χ0) is 26.2. The zero-order valence-corrected chi connectivity index (χ0v) is 21.1. The first kappa shape index (κ1) is 26.0. The van der Waals surface area contributed by atoms with E-state index in [9.17, 15) is 13.6 Å². The van der Waals surface area contributed by atoms with Crippen molar-refractivity contribution in [3.05, 3.63) is 137 Å². The van der Waals surface area contributed by atoms with Gasteiger partial charge in [0.25, 0.3) is 0 Å². The molecule has 0 N–H and O–H groups in total. The first-order valence-electron chi connectivity index (χ1n) is 12.5. The normalized spacial score (nSPS) is 12.0. The lowest BCUT2D eigenvalue weighted by Gasteiger charge is -2.12. The molecular weight excluding hydrogens is 466 g/mol. The number of halogens is 2. The first-order valence-corrected chi connectivity index (χ1v) is 12.5. The van der Waals surface area contributed by atoms with Gasteiger partial charge in [0.15, 0.2) is 0 Å². The van der Waals surface area contributed by atoms with E-state index in [-0.39, 0.29) is 17.7 Å². The lowest BCUT2D eigenvalue weighted by molar-refractivity contribution is 0.0734. The van der Waals surface area contributed by atoms with E-state index in [2.05, 4.69) is 55.5 Å². The molecule has 1 unspecified atom stereocenters. The third kappa shape index (κ3) is 6.79. The fourth-order valence-electron chi connectivity index (χ4n) is 4.32. The summed E-state index contributed by atoms with van der Waals surface area (Å²) in [6.07, 6.45) is 5.40. The maximum atomic E-state index is 14.4. The lowest BCUT2D eigenvalue weighted by Crippen LogP contribution is -2.09. The van der Waals surface area contributed by atoms with E-state index in [1.54, 1.807) is 12.1 Å². The van der Waals surface area contributed by atoms with Crippen molar-refractivity contribution in [3.8, 4) is 16.9 Å². The van der Waals surface area contributed by atoms with Crippen LogP contribution in [-0.4, -0.2) is 5.97 Å². The summed E-state index contributed by atoms with van der Waals surface area (Å²) in [6.45, 7) is 4.08. The van der Waals surface area contributed by atoms with Crippen molar-refractivity contribution in [3.63, 3.8) is 0 Å². The average Bonchev–Trinajstić information content (AvgIpc) is 2.91. The second-order valence-electron chi connectivity index (χ2n) is 9.15. The summed E-state index contributed by atoms with van der Waals surface area (Å²) >= 11 is 0. The van der Waals surface area contributed by atoms with Gasteiger partial charge in [-0.25, -0.2) is 13.6 Å². The first-order chi connectivity index (χ1) is 17.9. The molecule has 0 saturated heterocycles. The Hall–Kier alpha value is -4.05. The number of hydrogen-bond donors (Lipinski definition) is 0. The quantitative estimate of drug-likeness (QED) is 0.132. The monoisotopic (exact) mass is 496 g/mol. The molecule has 0 heterocycles. The van der Waals surface area contributed by atoms with Crippen LogP contribution in [0.4, 0.5) is 8.78 Å². The summed E-state index contributed by atoms with van der Waals surface area (Å²) in [5, 5.41) is 0. The topological polar surface area (TPSA) is 26.3 Å². The predicted octanol–water partition coefficient (Wildman–Crippen LogP) is 8.71. The van der Waals surface area contributed by atoms with Crippen molar-refractivity contribution >= 4 is 5.97 Å². The van der Waals surface area contributed by atoms with Gasteiger partial charge in [0.2, 0.25) is 0 Å². The molecule has 0 fully saturated rings. The van der Waals surface area contributed by atoms with E-state index in [0.717, 1.165) is 29.7 Å². The molecule has 0 saturated carbocycles. The predicted molar refractivity (Wildman–Crippen MR) is 145 cm³/mol. The summed E-state index contributed by atoms with van der Waals surface area (Å²) in [6, 6.07) is 28.0. The molecule has 0 amide bonds. The van der Waals surface area contributed by atoms with Gasteiger partial charge < -0.3 is 4.74 Å². The van der Waals surface area contributed by atoms with Gasteiger partial charge in [-0.3, -0.25) is 0 Å². The largest absolute Gasteiger partial charge is 0.423 e. The Balaban J connectivity index is 1.39. The van der Waals surface area contributed by atoms with Crippen molar-refractivity contribution in [1.29, 1.82) is 0 Å². The van der Waals surface area contributed by atoms with Crippen LogP contribution in [0.2, 0.25) is 0 Å². The van der Waals surface area contributed by atoms with Crippen LogP contribution in [0.3, 0.4) is 0 Å². The Morgan fingerprint density at radius 3 is 2.05 bits per heavy atom. The molecule has 4 aromatic rings. The summed E-state index contributed by atoms with van der Waals surface area (Å²) in [5.74, 6) is -1.83. The van der Waals surface area contributed by atoms with E-state index in [1.807, 2.05) is 37.3 Å². The van der Waals surface area contributed by atoms with Gasteiger partial charge in [-0.1, -0.05) is 85.8 Å². The van der Waals surface area contributed by atoms with Gasteiger partial charge in [0.1, 0.15) is 17.4 Å². The van der Waals surface area contributed by atoms with Crippen molar-refractivity contribution in [1.82, 2.24) is 0 Å². The van der Waals surface area contributed by atoms with Crippen LogP contribution in [0.5, 0.6) is 5.75 Å². The van der Waals surface area contributed by atoms with Crippen LogP contribution >= 0.6 is 0 Å². The van der Waals surface area contributed by atoms with Gasteiger partial charge in [0, 0.05) is 17.7 Å². The highest BCUT2D eigenvalue weighted by molar-refractivity contribution is 5.91. The SMILES string of the molecule is C/C=C/CCc1c(F)cc(OC(=O)c2ccc(-c3ccc(CC(C)c4ccccc4)cc3)cc2)cc1F. The second-order valence-corrected chi connectivity index (χ2v) is 9.15. The zero-order valence-electron chi connectivity index (χ0n) is 21.1. The van der Waals surface area contributed by atoms with Gasteiger partial charge in [-0.15, -0.1) is 0 Å². The Morgan fingerprint density at radius 1 is 0.865 bits per heavy atom. The standard InChI is InChI=1S/C33H30F2O2/c1-3-4-6-11-30-31(34)21-29(22-32(30)35)37-33(36)28-18-16-27(17-19-28)26-14-12-24(13-15-26)20-23(2)25-9-7-5-8-10-25/h3-5,7-10,12-19,21-23H,6,11,20H2,1-2H3/b4-3+.